The molecule has 1 aliphatic heterocycles. The first-order valence-electron chi connectivity index (χ1n) is 12.8. The number of carbonyl (C=O) groups excluding carboxylic acids is 2. The average Bonchev–Trinajstić information content (AvgIpc) is 3.31. The summed E-state index contributed by atoms with van der Waals surface area (Å²) in [7, 11) is 2.77. The molecule has 0 spiro atoms. The summed E-state index contributed by atoms with van der Waals surface area (Å²) in [6.07, 6.45) is 9.65. The average molecular weight is 528 g/mol. The predicted octanol–water partition coefficient (Wildman–Crippen LogP) is 6.29. The fourth-order valence-electron chi connectivity index (χ4n) is 4.42. The molecule has 2 atom stereocenters. The Morgan fingerprint density at radius 1 is 1.16 bits per heavy atom. The van der Waals surface area contributed by atoms with E-state index in [1.54, 1.807) is 12.1 Å². The highest BCUT2D eigenvalue weighted by molar-refractivity contribution is 7.19. The van der Waals surface area contributed by atoms with Crippen molar-refractivity contribution in [1.82, 2.24) is 9.97 Å². The minimum atomic E-state index is -0.559. The molecule has 3 heterocycles. The molecule has 2 aromatic heterocycles. The Hall–Kier alpha value is -3.04. The number of ether oxygens (including phenoxy) is 3. The molecule has 37 heavy (non-hydrogen) atoms. The van der Waals surface area contributed by atoms with Crippen LogP contribution in [0.2, 0.25) is 0 Å². The third-order valence-electron chi connectivity index (χ3n) is 6.46. The van der Waals surface area contributed by atoms with E-state index < -0.39 is 11.9 Å². The van der Waals surface area contributed by atoms with E-state index in [0.717, 1.165) is 34.8 Å². The third-order valence-corrected chi connectivity index (χ3v) is 7.47. The first-order valence-corrected chi connectivity index (χ1v) is 13.6. The van der Waals surface area contributed by atoms with E-state index in [9.17, 15) is 9.59 Å². The van der Waals surface area contributed by atoms with Crippen LogP contribution in [0.25, 0.3) is 10.2 Å². The van der Waals surface area contributed by atoms with Gasteiger partial charge in [-0.1, -0.05) is 33.1 Å². The number of unbranched alkanes of at least 4 members (excludes halogenated alkanes) is 1. The van der Waals surface area contributed by atoms with Crippen LogP contribution >= 0.6 is 11.3 Å². The van der Waals surface area contributed by atoms with E-state index in [4.69, 9.17) is 14.2 Å². The number of fused-ring (bicyclic) bond motifs is 1. The minimum Gasteiger partial charge on any atom is -0.496 e. The van der Waals surface area contributed by atoms with Crippen molar-refractivity contribution in [3.63, 3.8) is 0 Å². The summed E-state index contributed by atoms with van der Waals surface area (Å²) in [6, 6.07) is 4.98. The first-order chi connectivity index (χ1) is 17.9. The molecule has 4 rings (SSSR count). The zero-order chi connectivity index (χ0) is 26.8. The Balaban J connectivity index is 0.000000266. The number of rotatable bonds is 8. The number of nitrogens with one attached hydrogen (secondary N) is 1. The zero-order valence-corrected chi connectivity index (χ0v) is 23.2. The molecule has 8 nitrogen and oxygen atoms in total. The van der Waals surface area contributed by atoms with Crippen molar-refractivity contribution in [1.29, 1.82) is 0 Å². The maximum absolute atomic E-state index is 12.9. The maximum atomic E-state index is 12.9. The second-order valence-corrected chi connectivity index (χ2v) is 10.3. The summed E-state index contributed by atoms with van der Waals surface area (Å²) in [5.74, 6) is 1.17. The number of anilines is 1. The number of amides is 1. The standard InChI is InChI=1S/C17H15N3O4S.C11H22O/c1-9-19-11-4-5-13(23-2)14(15(11)25-9)16(21)20-12-8-18-7-6-10(12)17(22)24-3;1-3-5-6-11-7-10(4-2)8-12-9-11/h4-8H,1-3H3,(H,20,21);10-11H,3-9H2,1-2H3/t;10-,11-/m.1/s1. The van der Waals surface area contributed by atoms with Crippen LogP contribution in [-0.4, -0.2) is 49.3 Å². The van der Waals surface area contributed by atoms with Crippen LogP contribution in [0, 0.1) is 18.8 Å². The van der Waals surface area contributed by atoms with Crippen molar-refractivity contribution < 1.29 is 23.8 Å². The summed E-state index contributed by atoms with van der Waals surface area (Å²) in [4.78, 5) is 33.1. The Labute approximate surface area is 222 Å². The number of aromatic nitrogens is 2. The van der Waals surface area contributed by atoms with Gasteiger partial charge in [-0.2, -0.15) is 0 Å². The van der Waals surface area contributed by atoms with Crippen LogP contribution in [0.15, 0.2) is 30.6 Å². The molecule has 1 amide bonds. The van der Waals surface area contributed by atoms with Gasteiger partial charge in [-0.3, -0.25) is 9.78 Å². The SMILES string of the molecule is CCCC[C@H]1COC[C@H](CC)C1.COC(=O)c1ccncc1NC(=O)c1c(OC)ccc2nc(C)sc12. The van der Waals surface area contributed by atoms with Gasteiger partial charge in [0.05, 0.1) is 46.9 Å². The lowest BCUT2D eigenvalue weighted by molar-refractivity contribution is 0.0106. The lowest BCUT2D eigenvalue weighted by Gasteiger charge is -2.28. The van der Waals surface area contributed by atoms with Gasteiger partial charge in [0.15, 0.2) is 0 Å². The van der Waals surface area contributed by atoms with E-state index in [2.05, 4.69) is 29.1 Å². The second-order valence-electron chi connectivity index (χ2n) is 9.15. The fraction of sp³-hybridized carbons (Fsp3) is 0.500. The summed E-state index contributed by atoms with van der Waals surface area (Å²) < 4.78 is 16.4. The Kier molecular flexibility index (Phi) is 10.8. The first kappa shape index (κ1) is 28.5. The predicted molar refractivity (Wildman–Crippen MR) is 147 cm³/mol. The molecule has 1 aromatic carbocycles. The Morgan fingerprint density at radius 2 is 1.95 bits per heavy atom. The van der Waals surface area contributed by atoms with E-state index in [0.29, 0.717) is 16.8 Å². The molecular weight excluding hydrogens is 490 g/mol. The minimum absolute atomic E-state index is 0.220. The van der Waals surface area contributed by atoms with Crippen molar-refractivity contribution in [3.8, 4) is 5.75 Å². The van der Waals surface area contributed by atoms with Crippen LogP contribution in [-0.2, 0) is 9.47 Å². The lowest BCUT2D eigenvalue weighted by atomic mass is 9.88. The molecule has 9 heteroatoms. The summed E-state index contributed by atoms with van der Waals surface area (Å²) >= 11 is 1.40. The van der Waals surface area contributed by atoms with E-state index in [1.807, 2.05) is 6.92 Å². The summed E-state index contributed by atoms with van der Waals surface area (Å²) in [5, 5.41) is 3.56. The highest BCUT2D eigenvalue weighted by Crippen LogP contribution is 2.33. The van der Waals surface area contributed by atoms with E-state index in [-0.39, 0.29) is 11.3 Å². The van der Waals surface area contributed by atoms with Gasteiger partial charge in [-0.25, -0.2) is 9.78 Å². The van der Waals surface area contributed by atoms with Crippen molar-refractivity contribution in [2.24, 2.45) is 11.8 Å². The van der Waals surface area contributed by atoms with Crippen LogP contribution in [0.4, 0.5) is 5.69 Å². The summed E-state index contributed by atoms with van der Waals surface area (Å²) in [5.41, 5.74) is 1.57. The molecule has 1 aliphatic rings. The largest absolute Gasteiger partial charge is 0.496 e. The third kappa shape index (κ3) is 7.49. The van der Waals surface area contributed by atoms with Gasteiger partial charge in [-0.05, 0) is 49.8 Å². The second kappa shape index (κ2) is 14.0. The molecule has 0 radical (unpaired) electrons. The van der Waals surface area contributed by atoms with Crippen molar-refractivity contribution >= 4 is 39.1 Å². The number of hydrogen-bond acceptors (Lipinski definition) is 8. The Morgan fingerprint density at radius 3 is 2.65 bits per heavy atom. The van der Waals surface area contributed by atoms with Crippen LogP contribution in [0.1, 0.15) is 71.7 Å². The van der Waals surface area contributed by atoms with Gasteiger partial charge in [0.25, 0.3) is 5.91 Å². The smallest absolute Gasteiger partial charge is 0.340 e. The number of thiazole rings is 1. The normalized spacial score (nSPS) is 17.0. The van der Waals surface area contributed by atoms with Gasteiger partial charge >= 0.3 is 5.97 Å². The molecule has 1 fully saturated rings. The molecule has 0 aliphatic carbocycles. The molecule has 3 aromatic rings. The molecule has 1 saturated heterocycles. The van der Waals surface area contributed by atoms with Gasteiger partial charge in [0, 0.05) is 19.4 Å². The van der Waals surface area contributed by atoms with Crippen LogP contribution in [0.3, 0.4) is 0 Å². The maximum Gasteiger partial charge on any atom is 0.340 e. The lowest BCUT2D eigenvalue weighted by Crippen LogP contribution is -2.25. The molecule has 0 saturated carbocycles. The van der Waals surface area contributed by atoms with Crippen LogP contribution in [0.5, 0.6) is 5.75 Å². The van der Waals surface area contributed by atoms with Gasteiger partial charge in [0.2, 0.25) is 0 Å². The number of hydrogen-bond donors (Lipinski definition) is 1. The number of esters is 1. The zero-order valence-electron chi connectivity index (χ0n) is 22.3. The molecule has 0 unspecified atom stereocenters. The number of nitrogens with zero attached hydrogens (tertiary/aromatic N) is 2. The van der Waals surface area contributed by atoms with E-state index >= 15 is 0 Å². The highest BCUT2D eigenvalue weighted by atomic mass is 32.1. The highest BCUT2D eigenvalue weighted by Gasteiger charge is 2.22. The Bertz CT molecular complexity index is 1200. The van der Waals surface area contributed by atoms with E-state index in [1.165, 1.54) is 76.1 Å². The molecule has 200 valence electrons. The molecular formula is C28H37N3O5S. The molecule has 1 N–H and O–H groups in total. The topological polar surface area (TPSA) is 99.6 Å². The summed E-state index contributed by atoms with van der Waals surface area (Å²) in [6.45, 7) is 8.45. The van der Waals surface area contributed by atoms with Crippen molar-refractivity contribution in [2.75, 3.05) is 32.8 Å². The molecule has 0 bridgehead atoms. The van der Waals surface area contributed by atoms with Crippen molar-refractivity contribution in [3.05, 3.63) is 46.7 Å². The van der Waals surface area contributed by atoms with Crippen molar-refractivity contribution in [2.45, 2.75) is 52.9 Å². The monoisotopic (exact) mass is 527 g/mol. The van der Waals surface area contributed by atoms with Gasteiger partial charge in [-0.15, -0.1) is 11.3 Å². The number of methoxy groups -OCH3 is 2. The quantitative estimate of drug-likeness (QED) is 0.344. The number of benzene rings is 1. The number of pyridine rings is 1. The fourth-order valence-corrected chi connectivity index (χ4v) is 5.38. The number of aryl methyl sites for hydroxylation is 1. The van der Waals surface area contributed by atoms with Gasteiger partial charge in [0.1, 0.15) is 11.3 Å². The van der Waals surface area contributed by atoms with Gasteiger partial charge < -0.3 is 19.5 Å². The number of carbonyl (C=O) groups is 2. The van der Waals surface area contributed by atoms with Crippen LogP contribution < -0.4 is 10.1 Å².